The van der Waals surface area contributed by atoms with Crippen LogP contribution in [0.5, 0.6) is 0 Å². The molecule has 0 unspecified atom stereocenters. The van der Waals surface area contributed by atoms with Crippen LogP contribution in [0.3, 0.4) is 0 Å². The maximum absolute atomic E-state index is 11.5. The first-order valence-corrected chi connectivity index (χ1v) is 8.66. The minimum Gasteiger partial charge on any atom is -0.441 e. The number of hydrogen-bond donors (Lipinski definition) is 1. The van der Waals surface area contributed by atoms with Gasteiger partial charge < -0.3 is 9.52 Å². The van der Waals surface area contributed by atoms with Crippen molar-refractivity contribution in [1.29, 1.82) is 0 Å². The summed E-state index contributed by atoms with van der Waals surface area (Å²) >= 11 is 3.37. The van der Waals surface area contributed by atoms with Gasteiger partial charge >= 0.3 is 0 Å². The van der Waals surface area contributed by atoms with E-state index >= 15 is 0 Å². The Kier molecular flexibility index (Phi) is 4.45. The van der Waals surface area contributed by atoms with Crippen LogP contribution in [-0.2, 0) is 10.9 Å². The summed E-state index contributed by atoms with van der Waals surface area (Å²) in [6.07, 6.45) is 7.28. The number of halogens is 1. The van der Waals surface area contributed by atoms with Gasteiger partial charge in [-0.2, -0.15) is 0 Å². The molecule has 0 amide bonds. The van der Waals surface area contributed by atoms with Gasteiger partial charge in [-0.15, -0.1) is 0 Å². The van der Waals surface area contributed by atoms with E-state index in [1.54, 1.807) is 6.20 Å². The Morgan fingerprint density at radius 1 is 1.19 bits per heavy atom. The minimum atomic E-state index is -1.12. The molecule has 1 aliphatic rings. The molecule has 4 heteroatoms. The van der Waals surface area contributed by atoms with Gasteiger partial charge in [-0.1, -0.05) is 65.5 Å². The fraction of sp³-hybridized carbons (Fsp3) is 0.471. The van der Waals surface area contributed by atoms with Gasteiger partial charge in [-0.05, 0) is 18.4 Å². The number of alkyl halides is 1. The normalized spacial score (nSPS) is 19.3. The molecule has 0 aliphatic heterocycles. The van der Waals surface area contributed by atoms with Gasteiger partial charge in [0.15, 0.2) is 5.60 Å². The SMILES string of the molecule is O[C@@](c1ccccc1)(c1ncc(CBr)o1)C1CCCCC1. The van der Waals surface area contributed by atoms with Crippen molar-refractivity contribution in [2.45, 2.75) is 43.0 Å². The highest BCUT2D eigenvalue weighted by atomic mass is 79.9. The molecular formula is C17H20BrNO2. The molecule has 1 saturated carbocycles. The second-order valence-corrected chi connectivity index (χ2v) is 6.29. The van der Waals surface area contributed by atoms with E-state index in [1.165, 1.54) is 6.42 Å². The molecule has 3 nitrogen and oxygen atoms in total. The Hall–Kier alpha value is -1.13. The third kappa shape index (κ3) is 2.79. The molecule has 0 bridgehead atoms. The van der Waals surface area contributed by atoms with E-state index in [1.807, 2.05) is 30.3 Å². The van der Waals surface area contributed by atoms with Crippen LogP contribution in [-0.4, -0.2) is 10.1 Å². The summed E-state index contributed by atoms with van der Waals surface area (Å²) < 4.78 is 5.80. The summed E-state index contributed by atoms with van der Waals surface area (Å²) in [6, 6.07) is 9.80. The number of nitrogens with zero attached hydrogens (tertiary/aromatic N) is 1. The number of oxazole rings is 1. The van der Waals surface area contributed by atoms with Crippen molar-refractivity contribution >= 4 is 15.9 Å². The average Bonchev–Trinajstić information content (AvgIpc) is 3.05. The molecule has 1 fully saturated rings. The monoisotopic (exact) mass is 349 g/mol. The summed E-state index contributed by atoms with van der Waals surface area (Å²) in [7, 11) is 0. The van der Waals surface area contributed by atoms with Crippen LogP contribution in [0.2, 0.25) is 0 Å². The molecule has 0 radical (unpaired) electrons. The van der Waals surface area contributed by atoms with E-state index < -0.39 is 5.60 Å². The predicted molar refractivity (Wildman–Crippen MR) is 85.1 cm³/mol. The van der Waals surface area contributed by atoms with Crippen LogP contribution in [0.15, 0.2) is 40.9 Å². The summed E-state index contributed by atoms with van der Waals surface area (Å²) in [4.78, 5) is 4.36. The molecule has 1 aromatic heterocycles. The highest BCUT2D eigenvalue weighted by Gasteiger charge is 2.44. The summed E-state index contributed by atoms with van der Waals surface area (Å²) in [6.45, 7) is 0. The van der Waals surface area contributed by atoms with Crippen molar-refractivity contribution < 1.29 is 9.52 Å². The lowest BCUT2D eigenvalue weighted by Crippen LogP contribution is -2.38. The smallest absolute Gasteiger partial charge is 0.231 e. The molecular weight excluding hydrogens is 330 g/mol. The Bertz CT molecular complexity index is 577. The Morgan fingerprint density at radius 2 is 1.90 bits per heavy atom. The average molecular weight is 350 g/mol. The van der Waals surface area contributed by atoms with Gasteiger partial charge in [0.05, 0.1) is 11.5 Å². The highest BCUT2D eigenvalue weighted by molar-refractivity contribution is 9.08. The topological polar surface area (TPSA) is 46.3 Å². The zero-order valence-corrected chi connectivity index (χ0v) is 13.6. The fourth-order valence-electron chi connectivity index (χ4n) is 3.29. The lowest BCUT2D eigenvalue weighted by atomic mass is 9.73. The van der Waals surface area contributed by atoms with E-state index in [0.717, 1.165) is 37.0 Å². The zero-order chi connectivity index (χ0) is 14.7. The van der Waals surface area contributed by atoms with Crippen LogP contribution in [0.4, 0.5) is 0 Å². The van der Waals surface area contributed by atoms with Crippen molar-refractivity contribution in [3.05, 3.63) is 53.7 Å². The number of hydrogen-bond acceptors (Lipinski definition) is 3. The quantitative estimate of drug-likeness (QED) is 0.832. The number of rotatable bonds is 4. The van der Waals surface area contributed by atoms with Crippen LogP contribution in [0.25, 0.3) is 0 Å². The van der Waals surface area contributed by atoms with Gasteiger partial charge in [0.25, 0.3) is 0 Å². The van der Waals surface area contributed by atoms with Crippen molar-refractivity contribution in [3.63, 3.8) is 0 Å². The molecule has 1 atom stereocenters. The first-order chi connectivity index (χ1) is 10.2. The third-order valence-electron chi connectivity index (χ3n) is 4.42. The van der Waals surface area contributed by atoms with E-state index in [-0.39, 0.29) is 5.92 Å². The highest BCUT2D eigenvalue weighted by Crippen LogP contribution is 2.43. The molecule has 112 valence electrons. The molecule has 21 heavy (non-hydrogen) atoms. The third-order valence-corrected chi connectivity index (χ3v) is 4.97. The van der Waals surface area contributed by atoms with Gasteiger partial charge in [-0.3, -0.25) is 0 Å². The van der Waals surface area contributed by atoms with Gasteiger partial charge in [0.1, 0.15) is 5.76 Å². The van der Waals surface area contributed by atoms with E-state index in [0.29, 0.717) is 11.2 Å². The van der Waals surface area contributed by atoms with Crippen molar-refractivity contribution in [2.24, 2.45) is 5.92 Å². The summed E-state index contributed by atoms with van der Waals surface area (Å²) in [5.41, 5.74) is -0.248. The lowest BCUT2D eigenvalue weighted by molar-refractivity contribution is -0.0237. The summed E-state index contributed by atoms with van der Waals surface area (Å²) in [5, 5.41) is 12.1. The largest absolute Gasteiger partial charge is 0.441 e. The molecule has 1 N–H and O–H groups in total. The van der Waals surface area contributed by atoms with Gasteiger partial charge in [-0.25, -0.2) is 4.98 Å². The van der Waals surface area contributed by atoms with Crippen LogP contribution in [0, 0.1) is 5.92 Å². The molecule has 0 saturated heterocycles. The molecule has 0 spiro atoms. The van der Waals surface area contributed by atoms with Crippen LogP contribution in [0.1, 0.15) is 49.3 Å². The van der Waals surface area contributed by atoms with E-state index in [4.69, 9.17) is 4.42 Å². The zero-order valence-electron chi connectivity index (χ0n) is 12.0. The van der Waals surface area contributed by atoms with Gasteiger partial charge in [0.2, 0.25) is 5.89 Å². The number of aliphatic hydroxyl groups is 1. The van der Waals surface area contributed by atoms with Crippen molar-refractivity contribution in [3.8, 4) is 0 Å². The minimum absolute atomic E-state index is 0.162. The lowest BCUT2D eigenvalue weighted by Gasteiger charge is -2.36. The predicted octanol–water partition coefficient (Wildman–Crippen LogP) is 4.39. The maximum Gasteiger partial charge on any atom is 0.231 e. The van der Waals surface area contributed by atoms with E-state index in [2.05, 4.69) is 20.9 Å². The van der Waals surface area contributed by atoms with Crippen molar-refractivity contribution in [1.82, 2.24) is 4.98 Å². The second-order valence-electron chi connectivity index (χ2n) is 5.73. The molecule has 2 aromatic rings. The number of benzene rings is 1. The van der Waals surface area contributed by atoms with Gasteiger partial charge in [0, 0.05) is 5.92 Å². The van der Waals surface area contributed by atoms with Crippen molar-refractivity contribution in [2.75, 3.05) is 0 Å². The summed E-state index contributed by atoms with van der Waals surface area (Å²) in [5.74, 6) is 1.33. The molecule has 1 heterocycles. The van der Waals surface area contributed by atoms with Crippen LogP contribution < -0.4 is 0 Å². The first kappa shape index (κ1) is 14.8. The Balaban J connectivity index is 2.05. The maximum atomic E-state index is 11.5. The fourth-order valence-corrected chi connectivity index (χ4v) is 3.55. The molecule has 3 rings (SSSR count). The molecule has 1 aromatic carbocycles. The second kappa shape index (κ2) is 6.32. The number of aromatic nitrogens is 1. The standard InChI is InChI=1S/C17H20BrNO2/c18-11-15-12-19-16(21-15)17(20,13-7-3-1-4-8-13)14-9-5-2-6-10-14/h1,3-4,7-8,12,14,20H,2,5-6,9-11H2/t17-/m1/s1. The first-order valence-electron chi connectivity index (χ1n) is 7.54. The van der Waals surface area contributed by atoms with Crippen LogP contribution >= 0.6 is 15.9 Å². The molecule has 1 aliphatic carbocycles. The Labute approximate surface area is 133 Å². The Morgan fingerprint density at radius 3 is 2.52 bits per heavy atom. The van der Waals surface area contributed by atoms with E-state index in [9.17, 15) is 5.11 Å².